The van der Waals surface area contributed by atoms with E-state index in [1.54, 1.807) is 6.08 Å². The van der Waals surface area contributed by atoms with Gasteiger partial charge in [-0.15, -0.1) is 0 Å². The van der Waals surface area contributed by atoms with Gasteiger partial charge in [-0.3, -0.25) is 4.79 Å². The van der Waals surface area contributed by atoms with Gasteiger partial charge in [-0.05, 0) is 38.0 Å². The number of allylic oxidation sites excluding steroid dienone is 1. The lowest BCUT2D eigenvalue weighted by Gasteiger charge is -2.21. The fourth-order valence-electron chi connectivity index (χ4n) is 3.81. The van der Waals surface area contributed by atoms with Gasteiger partial charge in [0, 0.05) is 18.8 Å². The molecule has 0 aromatic carbocycles. The van der Waals surface area contributed by atoms with Crippen LogP contribution in [0.1, 0.15) is 77.6 Å². The zero-order valence-corrected chi connectivity index (χ0v) is 16.7. The standard InChI is InChI=1S/C22H38O5/c1-2-3-4-5-6-8-11-17(23)14-15-19-18(20(24)16-21(19)25)12-9-7-10-13-22(26)27/h6,8,14-15,17-21,23-25H,2-5,7,9-13,16H2,1H3,(H,26,27)/b8-6-,15-14+/t17-,18+,19+,20+,21-/m0/s1. The number of hydrogen-bond donors (Lipinski definition) is 4. The lowest BCUT2D eigenvalue weighted by molar-refractivity contribution is -0.137. The molecule has 0 amide bonds. The number of aliphatic hydroxyl groups is 3. The van der Waals surface area contributed by atoms with Crippen LogP contribution in [0, 0.1) is 11.8 Å². The fraction of sp³-hybridized carbons (Fsp3) is 0.773. The molecule has 0 bridgehead atoms. The van der Waals surface area contributed by atoms with E-state index in [1.807, 2.05) is 12.2 Å². The molecule has 0 aromatic rings. The summed E-state index contributed by atoms with van der Waals surface area (Å²) < 4.78 is 0. The zero-order chi connectivity index (χ0) is 20.1. The van der Waals surface area contributed by atoms with Gasteiger partial charge in [0.2, 0.25) is 0 Å². The minimum Gasteiger partial charge on any atom is -0.481 e. The van der Waals surface area contributed by atoms with Gasteiger partial charge in [-0.1, -0.05) is 56.9 Å². The lowest BCUT2D eigenvalue weighted by Crippen LogP contribution is -2.21. The van der Waals surface area contributed by atoms with Crippen LogP contribution in [-0.2, 0) is 4.79 Å². The zero-order valence-electron chi connectivity index (χ0n) is 16.7. The van der Waals surface area contributed by atoms with Gasteiger partial charge in [0.25, 0.3) is 0 Å². The first-order chi connectivity index (χ1) is 13.0. The van der Waals surface area contributed by atoms with Crippen molar-refractivity contribution in [3.63, 3.8) is 0 Å². The Morgan fingerprint density at radius 1 is 1.07 bits per heavy atom. The Labute approximate surface area is 163 Å². The number of carboxylic acid groups (broad SMARTS) is 1. The summed E-state index contributed by atoms with van der Waals surface area (Å²) in [6.07, 6.45) is 14.8. The van der Waals surface area contributed by atoms with Crippen molar-refractivity contribution >= 4 is 5.97 Å². The molecule has 1 rings (SSSR count). The minimum absolute atomic E-state index is 0.0298. The SMILES string of the molecule is CCCCC/C=C\C[C@H](O)/C=C/[C@@H]1[C@@H](CCCCCC(=O)O)[C@H](O)C[C@@H]1O. The van der Waals surface area contributed by atoms with Gasteiger partial charge in [0.1, 0.15) is 0 Å². The van der Waals surface area contributed by atoms with Gasteiger partial charge in [-0.25, -0.2) is 0 Å². The van der Waals surface area contributed by atoms with Crippen LogP contribution in [-0.4, -0.2) is 44.7 Å². The Hall–Kier alpha value is -1.17. The smallest absolute Gasteiger partial charge is 0.303 e. The first-order valence-electron chi connectivity index (χ1n) is 10.5. The highest BCUT2D eigenvalue weighted by Gasteiger charge is 2.39. The van der Waals surface area contributed by atoms with Crippen molar-refractivity contribution in [3.05, 3.63) is 24.3 Å². The molecule has 4 N–H and O–H groups in total. The fourth-order valence-corrected chi connectivity index (χ4v) is 3.81. The summed E-state index contributed by atoms with van der Waals surface area (Å²) in [7, 11) is 0. The van der Waals surface area contributed by atoms with E-state index < -0.39 is 24.3 Å². The average molecular weight is 383 g/mol. The Morgan fingerprint density at radius 3 is 2.56 bits per heavy atom. The molecule has 1 fully saturated rings. The molecule has 0 aromatic heterocycles. The molecule has 0 saturated heterocycles. The number of rotatable bonds is 14. The summed E-state index contributed by atoms with van der Waals surface area (Å²) in [6, 6.07) is 0. The number of aliphatic carboxylic acids is 1. The van der Waals surface area contributed by atoms with Crippen LogP contribution in [0.5, 0.6) is 0 Å². The Balaban J connectivity index is 2.39. The molecular formula is C22H38O5. The summed E-state index contributed by atoms with van der Waals surface area (Å²) in [5.74, 6) is -0.957. The van der Waals surface area contributed by atoms with Crippen LogP contribution in [0.25, 0.3) is 0 Å². The second-order valence-corrected chi connectivity index (χ2v) is 7.76. The molecule has 1 aliphatic carbocycles. The number of unbranched alkanes of at least 4 members (excludes halogenated alkanes) is 5. The van der Waals surface area contributed by atoms with Gasteiger partial charge in [-0.2, -0.15) is 0 Å². The van der Waals surface area contributed by atoms with Crippen LogP contribution < -0.4 is 0 Å². The second-order valence-electron chi connectivity index (χ2n) is 7.76. The summed E-state index contributed by atoms with van der Waals surface area (Å²) in [6.45, 7) is 2.18. The van der Waals surface area contributed by atoms with E-state index in [0.29, 0.717) is 19.3 Å². The third kappa shape index (κ3) is 10.1. The second kappa shape index (κ2) is 13.9. The van der Waals surface area contributed by atoms with Crippen LogP contribution in [0.3, 0.4) is 0 Å². The molecule has 27 heavy (non-hydrogen) atoms. The molecule has 1 saturated carbocycles. The maximum absolute atomic E-state index is 10.5. The van der Waals surface area contributed by atoms with E-state index in [-0.39, 0.29) is 18.3 Å². The molecule has 0 radical (unpaired) electrons. The van der Waals surface area contributed by atoms with Crippen molar-refractivity contribution in [2.24, 2.45) is 11.8 Å². The molecule has 156 valence electrons. The molecular weight excluding hydrogens is 344 g/mol. The first-order valence-corrected chi connectivity index (χ1v) is 10.5. The van der Waals surface area contributed by atoms with E-state index in [9.17, 15) is 20.1 Å². The molecule has 0 heterocycles. The Morgan fingerprint density at radius 2 is 1.85 bits per heavy atom. The highest BCUT2D eigenvalue weighted by molar-refractivity contribution is 5.66. The number of aliphatic hydroxyl groups excluding tert-OH is 3. The molecule has 5 atom stereocenters. The maximum Gasteiger partial charge on any atom is 0.303 e. The van der Waals surface area contributed by atoms with Crippen LogP contribution in [0.2, 0.25) is 0 Å². The molecule has 0 aliphatic heterocycles. The van der Waals surface area contributed by atoms with E-state index in [4.69, 9.17) is 5.11 Å². The highest BCUT2D eigenvalue weighted by atomic mass is 16.4. The van der Waals surface area contributed by atoms with Gasteiger partial charge >= 0.3 is 5.97 Å². The Bertz CT molecular complexity index is 460. The molecule has 1 aliphatic rings. The lowest BCUT2D eigenvalue weighted by atomic mass is 9.88. The largest absolute Gasteiger partial charge is 0.481 e. The quantitative estimate of drug-likeness (QED) is 0.270. The van der Waals surface area contributed by atoms with E-state index in [0.717, 1.165) is 25.7 Å². The van der Waals surface area contributed by atoms with Gasteiger partial charge < -0.3 is 20.4 Å². The minimum atomic E-state index is -0.777. The summed E-state index contributed by atoms with van der Waals surface area (Å²) in [4.78, 5) is 10.5. The number of carboxylic acids is 1. The van der Waals surface area contributed by atoms with Gasteiger partial charge in [0.15, 0.2) is 0 Å². The van der Waals surface area contributed by atoms with E-state index in [2.05, 4.69) is 13.0 Å². The van der Waals surface area contributed by atoms with Crippen molar-refractivity contribution in [3.8, 4) is 0 Å². The van der Waals surface area contributed by atoms with Crippen LogP contribution in [0.4, 0.5) is 0 Å². The average Bonchev–Trinajstić information content (AvgIpc) is 2.88. The number of hydrogen-bond acceptors (Lipinski definition) is 4. The molecule has 5 nitrogen and oxygen atoms in total. The Kier molecular flexibility index (Phi) is 12.3. The molecule has 0 spiro atoms. The first kappa shape index (κ1) is 23.9. The van der Waals surface area contributed by atoms with Crippen molar-refractivity contribution < 1.29 is 25.2 Å². The van der Waals surface area contributed by atoms with Crippen molar-refractivity contribution in [1.29, 1.82) is 0 Å². The van der Waals surface area contributed by atoms with Crippen molar-refractivity contribution in [1.82, 2.24) is 0 Å². The maximum atomic E-state index is 10.5. The molecule has 0 unspecified atom stereocenters. The third-order valence-electron chi connectivity index (χ3n) is 5.42. The van der Waals surface area contributed by atoms with Crippen molar-refractivity contribution in [2.45, 2.75) is 95.9 Å². The van der Waals surface area contributed by atoms with Crippen LogP contribution >= 0.6 is 0 Å². The predicted octanol–water partition coefficient (Wildman–Crippen LogP) is 3.82. The highest BCUT2D eigenvalue weighted by Crippen LogP contribution is 2.37. The summed E-state index contributed by atoms with van der Waals surface area (Å²) >= 11 is 0. The van der Waals surface area contributed by atoms with E-state index in [1.165, 1.54) is 19.3 Å². The number of carbonyl (C=O) groups is 1. The topological polar surface area (TPSA) is 98.0 Å². The van der Waals surface area contributed by atoms with Crippen molar-refractivity contribution in [2.75, 3.05) is 0 Å². The summed E-state index contributed by atoms with van der Waals surface area (Å²) in [5, 5.41) is 39.2. The summed E-state index contributed by atoms with van der Waals surface area (Å²) in [5.41, 5.74) is 0. The van der Waals surface area contributed by atoms with Crippen LogP contribution in [0.15, 0.2) is 24.3 Å². The normalized spacial score (nSPS) is 27.0. The predicted molar refractivity (Wildman–Crippen MR) is 107 cm³/mol. The van der Waals surface area contributed by atoms with Gasteiger partial charge in [0.05, 0.1) is 18.3 Å². The third-order valence-corrected chi connectivity index (χ3v) is 5.42. The van der Waals surface area contributed by atoms with E-state index >= 15 is 0 Å². The monoisotopic (exact) mass is 382 g/mol. The molecule has 5 heteroatoms.